The van der Waals surface area contributed by atoms with E-state index in [0.29, 0.717) is 0 Å². The lowest BCUT2D eigenvalue weighted by atomic mass is 10.2. The van der Waals surface area contributed by atoms with Gasteiger partial charge in [0.2, 0.25) is 0 Å². The molecule has 35 heavy (non-hydrogen) atoms. The molecular weight excluding hydrogens is 430 g/mol. The first-order valence-electron chi connectivity index (χ1n) is 13.4. The molecule has 3 aromatic heterocycles. The quantitative estimate of drug-likeness (QED) is 0.323. The third-order valence-corrected chi connectivity index (χ3v) is 5.20. The molecule has 0 amide bonds. The van der Waals surface area contributed by atoms with Gasteiger partial charge in [0.1, 0.15) is 13.1 Å². The minimum absolute atomic E-state index is 0.819. The van der Waals surface area contributed by atoms with E-state index in [1.807, 2.05) is 19.2 Å². The molecule has 0 atom stereocenters. The van der Waals surface area contributed by atoms with Gasteiger partial charge in [-0.25, -0.2) is 9.13 Å². The summed E-state index contributed by atoms with van der Waals surface area (Å²) in [4.78, 5) is 4.00. The Labute approximate surface area is 216 Å². The van der Waals surface area contributed by atoms with Crippen molar-refractivity contribution in [2.75, 3.05) is 13.7 Å². The van der Waals surface area contributed by atoms with Crippen LogP contribution < -0.4 is 9.13 Å². The van der Waals surface area contributed by atoms with Gasteiger partial charge in [-0.1, -0.05) is 46.1 Å². The molecule has 0 unspecified atom stereocenters. The van der Waals surface area contributed by atoms with Crippen LogP contribution in [-0.4, -0.2) is 18.7 Å². The van der Waals surface area contributed by atoms with Gasteiger partial charge >= 0.3 is 0 Å². The van der Waals surface area contributed by atoms with Crippen molar-refractivity contribution in [1.29, 1.82) is 0 Å². The van der Waals surface area contributed by atoms with Crippen LogP contribution in [-0.2, 0) is 37.1 Å². The van der Waals surface area contributed by atoms with Crippen molar-refractivity contribution in [3.8, 4) is 0 Å². The third-order valence-electron chi connectivity index (χ3n) is 5.20. The Morgan fingerprint density at radius 1 is 0.657 bits per heavy atom. The first kappa shape index (κ1) is 32.4. The van der Waals surface area contributed by atoms with Crippen LogP contribution in [0.4, 0.5) is 0 Å². The fraction of sp³-hybridized carbons (Fsp3) is 0.516. The van der Waals surface area contributed by atoms with Crippen molar-refractivity contribution in [3.05, 3.63) is 90.3 Å². The largest absolute Gasteiger partial charge is 0.385 e. The molecule has 0 aliphatic carbocycles. The maximum Gasteiger partial charge on any atom is 0.171 e. The number of methoxy groups -OCH3 is 1. The molecule has 3 aromatic rings. The molecule has 0 saturated heterocycles. The van der Waals surface area contributed by atoms with Crippen LogP contribution in [0, 0.1) is 0 Å². The molecule has 0 aromatic carbocycles. The Bertz CT molecular complexity index is 801. The molecule has 4 nitrogen and oxygen atoms in total. The van der Waals surface area contributed by atoms with Crippen molar-refractivity contribution in [2.24, 2.45) is 0 Å². The molecule has 0 bridgehead atoms. The van der Waals surface area contributed by atoms with Crippen LogP contribution in [0.25, 0.3) is 0 Å². The van der Waals surface area contributed by atoms with Gasteiger partial charge in [0, 0.05) is 49.4 Å². The second-order valence-electron chi connectivity index (χ2n) is 8.27. The highest BCUT2D eigenvalue weighted by atomic mass is 16.5. The normalized spacial score (nSPS) is 9.57. The number of ether oxygens (including phenoxy) is 1. The summed E-state index contributed by atoms with van der Waals surface area (Å²) < 4.78 is 8.97. The van der Waals surface area contributed by atoms with Crippen LogP contribution in [0.3, 0.4) is 0 Å². The topological polar surface area (TPSA) is 29.9 Å². The van der Waals surface area contributed by atoms with Gasteiger partial charge < -0.3 is 4.74 Å². The maximum absolute atomic E-state index is 4.54. The predicted molar refractivity (Wildman–Crippen MR) is 148 cm³/mol. The van der Waals surface area contributed by atoms with Gasteiger partial charge in [-0.05, 0) is 63.8 Å². The molecule has 3 heterocycles. The summed E-state index contributed by atoms with van der Waals surface area (Å²) in [6.07, 6.45) is 19.6. The average molecular weight is 482 g/mol. The number of hydrogen-bond acceptors (Lipinski definition) is 2. The highest BCUT2D eigenvalue weighted by Crippen LogP contribution is 1.99. The van der Waals surface area contributed by atoms with E-state index in [0.717, 1.165) is 26.1 Å². The van der Waals surface area contributed by atoms with Crippen molar-refractivity contribution in [2.45, 2.75) is 93.2 Å². The zero-order valence-electron chi connectivity index (χ0n) is 23.5. The fourth-order valence-electron chi connectivity index (χ4n) is 3.25. The second-order valence-corrected chi connectivity index (χ2v) is 8.27. The van der Waals surface area contributed by atoms with Gasteiger partial charge in [-0.15, -0.1) is 0 Å². The Morgan fingerprint density at radius 2 is 1.09 bits per heavy atom. The highest BCUT2D eigenvalue weighted by Gasteiger charge is 1.98. The van der Waals surface area contributed by atoms with E-state index >= 15 is 0 Å². The lowest BCUT2D eigenvalue weighted by Gasteiger charge is -1.95. The molecule has 0 fully saturated rings. The molecule has 0 N–H and O–H groups in total. The van der Waals surface area contributed by atoms with Crippen LogP contribution in [0.5, 0.6) is 0 Å². The summed E-state index contributed by atoms with van der Waals surface area (Å²) in [5.41, 5.74) is 4.22. The van der Waals surface area contributed by atoms with E-state index in [-0.39, 0.29) is 0 Å². The SMILES string of the molecule is CCCc1ccc[n+](CC)c1.CCCc1ccc[n+](CC)c1.CCCc1cccnc1.CCOC. The molecule has 0 spiro atoms. The third kappa shape index (κ3) is 17.5. The molecule has 0 aliphatic rings. The van der Waals surface area contributed by atoms with Crippen LogP contribution >= 0.6 is 0 Å². The molecular formula is C31H51N3O+2. The van der Waals surface area contributed by atoms with Gasteiger partial charge in [-0.2, -0.15) is 0 Å². The number of rotatable bonds is 9. The number of hydrogen-bond donors (Lipinski definition) is 0. The summed E-state index contributed by atoms with van der Waals surface area (Å²) in [5.74, 6) is 0. The van der Waals surface area contributed by atoms with E-state index in [1.54, 1.807) is 13.3 Å². The average Bonchev–Trinajstić information content (AvgIpc) is 2.91. The first-order valence-corrected chi connectivity index (χ1v) is 13.4. The summed E-state index contributed by atoms with van der Waals surface area (Å²) in [7, 11) is 1.68. The Hall–Kier alpha value is -2.59. The minimum atomic E-state index is 0.819. The van der Waals surface area contributed by atoms with E-state index < -0.39 is 0 Å². The number of pyridine rings is 3. The minimum Gasteiger partial charge on any atom is -0.385 e. The molecule has 0 aliphatic heterocycles. The second kappa shape index (κ2) is 23.2. The van der Waals surface area contributed by atoms with E-state index in [2.05, 4.69) is 109 Å². The first-order chi connectivity index (χ1) is 17.1. The number of aromatic nitrogens is 3. The summed E-state index contributed by atoms with van der Waals surface area (Å²) >= 11 is 0. The van der Waals surface area contributed by atoms with Crippen molar-refractivity contribution in [1.82, 2.24) is 4.98 Å². The van der Waals surface area contributed by atoms with Gasteiger partial charge in [0.05, 0.1) is 0 Å². The Balaban J connectivity index is 0.000000462. The van der Waals surface area contributed by atoms with Gasteiger partial charge in [0.25, 0.3) is 0 Å². The maximum atomic E-state index is 4.54. The number of nitrogens with zero attached hydrogens (tertiary/aromatic N) is 3. The zero-order valence-corrected chi connectivity index (χ0v) is 23.5. The molecule has 4 heteroatoms. The summed E-state index contributed by atoms with van der Waals surface area (Å²) in [6.45, 7) is 15.8. The van der Waals surface area contributed by atoms with E-state index in [4.69, 9.17) is 0 Å². The van der Waals surface area contributed by atoms with Crippen LogP contribution in [0.1, 0.15) is 77.5 Å². The van der Waals surface area contributed by atoms with E-state index in [9.17, 15) is 0 Å². The fourth-order valence-corrected chi connectivity index (χ4v) is 3.25. The molecule has 0 radical (unpaired) electrons. The Morgan fingerprint density at radius 3 is 1.43 bits per heavy atom. The molecule has 3 rings (SSSR count). The monoisotopic (exact) mass is 481 g/mol. The predicted octanol–water partition coefficient (Wildman–Crippen LogP) is 6.58. The lowest BCUT2D eigenvalue weighted by Crippen LogP contribution is -2.31. The van der Waals surface area contributed by atoms with Gasteiger partial charge in [0.15, 0.2) is 24.8 Å². The van der Waals surface area contributed by atoms with E-state index in [1.165, 1.54) is 48.8 Å². The smallest absolute Gasteiger partial charge is 0.171 e. The zero-order chi connectivity index (χ0) is 26.2. The standard InChI is InChI=1S/2C10H16N.C8H11N.C3H8O/c2*1-3-6-10-7-5-8-11(4-2)9-10;1-2-4-8-5-3-6-9-7-8;1-3-4-2/h2*5,7-9H,3-4,6H2,1-2H3;3,5-7H,2,4H2,1H3;3H2,1-2H3/q2*+1;;. The molecule has 194 valence electrons. The van der Waals surface area contributed by atoms with Crippen LogP contribution in [0.15, 0.2) is 73.6 Å². The summed E-state index contributed by atoms with van der Waals surface area (Å²) in [5, 5.41) is 0. The lowest BCUT2D eigenvalue weighted by molar-refractivity contribution is -0.694. The summed E-state index contributed by atoms with van der Waals surface area (Å²) in [6, 6.07) is 12.7. The highest BCUT2D eigenvalue weighted by molar-refractivity contribution is 5.08. The molecule has 0 saturated carbocycles. The van der Waals surface area contributed by atoms with Crippen molar-refractivity contribution in [3.63, 3.8) is 0 Å². The van der Waals surface area contributed by atoms with Crippen molar-refractivity contribution < 1.29 is 13.9 Å². The Kier molecular flexibility index (Phi) is 21.5. The van der Waals surface area contributed by atoms with Crippen LogP contribution in [0.2, 0.25) is 0 Å². The van der Waals surface area contributed by atoms with Crippen molar-refractivity contribution >= 4 is 0 Å². The number of aryl methyl sites for hydroxylation is 5. The van der Waals surface area contributed by atoms with Gasteiger partial charge in [-0.3, -0.25) is 4.98 Å².